The molecule has 7 heteroatoms. The monoisotopic (exact) mass is 423 g/mol. The summed E-state index contributed by atoms with van der Waals surface area (Å²) in [6, 6.07) is 16.5. The fraction of sp³-hybridized carbons (Fsp3) is 0.217. The van der Waals surface area contributed by atoms with Crippen LogP contribution in [0.4, 0.5) is 0 Å². The van der Waals surface area contributed by atoms with Gasteiger partial charge in [-0.2, -0.15) is 0 Å². The molecule has 1 amide bonds. The van der Waals surface area contributed by atoms with Gasteiger partial charge in [-0.05, 0) is 61.9 Å². The number of furan rings is 1. The van der Waals surface area contributed by atoms with Crippen molar-refractivity contribution in [2.75, 3.05) is 6.61 Å². The van der Waals surface area contributed by atoms with E-state index in [-0.39, 0.29) is 17.7 Å². The molecule has 2 heterocycles. The van der Waals surface area contributed by atoms with Gasteiger partial charge in [0.2, 0.25) is 0 Å². The molecule has 0 bridgehead atoms. The summed E-state index contributed by atoms with van der Waals surface area (Å²) in [5.41, 5.74) is 2.83. The lowest BCUT2D eigenvalue weighted by Gasteiger charge is -2.16. The molecule has 1 unspecified atom stereocenters. The summed E-state index contributed by atoms with van der Waals surface area (Å²) in [6.45, 7) is 4.88. The van der Waals surface area contributed by atoms with E-state index in [0.717, 1.165) is 28.2 Å². The summed E-state index contributed by atoms with van der Waals surface area (Å²) in [6.07, 6.45) is 1.48. The van der Waals surface area contributed by atoms with Crippen LogP contribution in [0.3, 0.4) is 0 Å². The molecule has 0 fully saturated rings. The summed E-state index contributed by atoms with van der Waals surface area (Å²) in [5, 5.41) is 3.66. The number of aromatic nitrogens is 2. The number of para-hydroxylation sites is 2. The minimum Gasteiger partial charge on any atom is -0.492 e. The summed E-state index contributed by atoms with van der Waals surface area (Å²) >= 11 is 6.09. The average Bonchev–Trinajstić information content (AvgIpc) is 3.39. The van der Waals surface area contributed by atoms with Gasteiger partial charge in [0, 0.05) is 5.02 Å². The van der Waals surface area contributed by atoms with E-state index in [1.807, 2.05) is 56.3 Å². The molecule has 0 aliphatic heterocycles. The Hall–Kier alpha value is -3.25. The van der Waals surface area contributed by atoms with Gasteiger partial charge in [-0.15, -0.1) is 0 Å². The molecule has 4 rings (SSSR count). The first-order chi connectivity index (χ1) is 14.5. The second kappa shape index (κ2) is 8.63. The third-order valence-electron chi connectivity index (χ3n) is 4.88. The Balaban J connectivity index is 1.53. The van der Waals surface area contributed by atoms with Crippen LogP contribution >= 0.6 is 11.6 Å². The highest BCUT2D eigenvalue weighted by atomic mass is 35.5. The van der Waals surface area contributed by atoms with E-state index in [1.165, 1.54) is 6.26 Å². The van der Waals surface area contributed by atoms with Gasteiger partial charge < -0.3 is 19.0 Å². The van der Waals surface area contributed by atoms with Crippen LogP contribution < -0.4 is 10.1 Å². The van der Waals surface area contributed by atoms with Crippen LogP contribution in [-0.2, 0) is 6.54 Å². The Morgan fingerprint density at radius 3 is 2.83 bits per heavy atom. The number of rotatable bonds is 7. The van der Waals surface area contributed by atoms with Crippen molar-refractivity contribution in [1.29, 1.82) is 0 Å². The van der Waals surface area contributed by atoms with Gasteiger partial charge in [0.05, 0.1) is 29.9 Å². The molecule has 0 aliphatic rings. The predicted molar refractivity (Wildman–Crippen MR) is 116 cm³/mol. The van der Waals surface area contributed by atoms with Crippen molar-refractivity contribution < 1.29 is 13.9 Å². The number of halogens is 1. The van der Waals surface area contributed by atoms with E-state index in [9.17, 15) is 4.79 Å². The van der Waals surface area contributed by atoms with Crippen molar-refractivity contribution in [3.8, 4) is 5.75 Å². The fourth-order valence-corrected chi connectivity index (χ4v) is 3.48. The van der Waals surface area contributed by atoms with Gasteiger partial charge in [0.1, 0.15) is 18.2 Å². The Kier molecular flexibility index (Phi) is 5.77. The van der Waals surface area contributed by atoms with Crippen molar-refractivity contribution in [2.45, 2.75) is 26.4 Å². The zero-order valence-electron chi connectivity index (χ0n) is 16.8. The van der Waals surface area contributed by atoms with Crippen molar-refractivity contribution >= 4 is 28.5 Å². The Bertz CT molecular complexity index is 1170. The molecule has 2 aromatic heterocycles. The molecule has 0 radical (unpaired) electrons. The highest BCUT2D eigenvalue weighted by Gasteiger charge is 2.20. The minimum absolute atomic E-state index is 0.269. The molecule has 0 spiro atoms. The molecule has 4 aromatic rings. The molecule has 0 saturated carbocycles. The number of ether oxygens (including phenoxy) is 1. The van der Waals surface area contributed by atoms with E-state index in [2.05, 4.69) is 9.88 Å². The summed E-state index contributed by atoms with van der Waals surface area (Å²) in [7, 11) is 0. The van der Waals surface area contributed by atoms with Crippen molar-refractivity contribution in [3.05, 3.63) is 83.0 Å². The number of carbonyl (C=O) groups excluding carboxylic acids is 1. The molecule has 0 aliphatic carbocycles. The number of nitrogens with one attached hydrogen (secondary N) is 1. The molecule has 154 valence electrons. The molecule has 2 aromatic carbocycles. The van der Waals surface area contributed by atoms with E-state index < -0.39 is 0 Å². The molecule has 30 heavy (non-hydrogen) atoms. The van der Waals surface area contributed by atoms with Crippen LogP contribution in [0.2, 0.25) is 5.02 Å². The highest BCUT2D eigenvalue weighted by molar-refractivity contribution is 6.31. The van der Waals surface area contributed by atoms with Crippen LogP contribution in [0.5, 0.6) is 5.75 Å². The van der Waals surface area contributed by atoms with E-state index >= 15 is 0 Å². The molecule has 0 saturated heterocycles. The Morgan fingerprint density at radius 1 is 1.23 bits per heavy atom. The molecular formula is C23H22ClN3O3. The maximum atomic E-state index is 12.4. The number of fused-ring (bicyclic) bond motifs is 1. The van der Waals surface area contributed by atoms with Crippen LogP contribution in [0.1, 0.15) is 34.9 Å². The first kappa shape index (κ1) is 20.0. The number of amides is 1. The first-order valence-electron chi connectivity index (χ1n) is 9.71. The lowest BCUT2D eigenvalue weighted by atomic mass is 10.2. The summed E-state index contributed by atoms with van der Waals surface area (Å²) in [4.78, 5) is 17.1. The zero-order chi connectivity index (χ0) is 21.1. The number of imidazole rings is 1. The standard InChI is InChI=1S/C23H22ClN3O3/c1-15-14-17(9-10-18(15)24)29-13-11-27-20-7-4-3-6-19(20)26-22(27)16(2)25-23(28)21-8-5-12-30-21/h3-10,12,14,16H,11,13H2,1-2H3,(H,25,28). The Morgan fingerprint density at radius 2 is 2.07 bits per heavy atom. The van der Waals surface area contributed by atoms with Gasteiger partial charge >= 0.3 is 0 Å². The number of carbonyl (C=O) groups is 1. The smallest absolute Gasteiger partial charge is 0.287 e. The Labute approximate surface area is 179 Å². The number of aryl methyl sites for hydroxylation is 1. The largest absolute Gasteiger partial charge is 0.492 e. The second-order valence-corrected chi connectivity index (χ2v) is 7.45. The maximum absolute atomic E-state index is 12.4. The van der Waals surface area contributed by atoms with E-state index in [1.54, 1.807) is 12.1 Å². The van der Waals surface area contributed by atoms with Crippen LogP contribution in [-0.4, -0.2) is 22.1 Å². The number of benzene rings is 2. The predicted octanol–water partition coefficient (Wildman–Crippen LogP) is 5.16. The van der Waals surface area contributed by atoms with Crippen LogP contribution in [0.25, 0.3) is 11.0 Å². The number of nitrogens with zero attached hydrogens (tertiary/aromatic N) is 2. The quantitative estimate of drug-likeness (QED) is 0.445. The number of hydrogen-bond acceptors (Lipinski definition) is 4. The highest BCUT2D eigenvalue weighted by Crippen LogP contribution is 2.23. The number of hydrogen-bond donors (Lipinski definition) is 1. The fourth-order valence-electron chi connectivity index (χ4n) is 3.36. The van der Waals surface area contributed by atoms with Crippen molar-refractivity contribution in [2.24, 2.45) is 0 Å². The lowest BCUT2D eigenvalue weighted by molar-refractivity contribution is 0.0909. The molecule has 1 atom stereocenters. The zero-order valence-corrected chi connectivity index (χ0v) is 17.5. The average molecular weight is 424 g/mol. The van der Waals surface area contributed by atoms with Gasteiger partial charge in [0.15, 0.2) is 5.76 Å². The van der Waals surface area contributed by atoms with Gasteiger partial charge in [-0.3, -0.25) is 4.79 Å². The van der Waals surface area contributed by atoms with Crippen LogP contribution in [0, 0.1) is 6.92 Å². The van der Waals surface area contributed by atoms with Gasteiger partial charge in [0.25, 0.3) is 5.91 Å². The van der Waals surface area contributed by atoms with Crippen LogP contribution in [0.15, 0.2) is 65.3 Å². The second-order valence-electron chi connectivity index (χ2n) is 7.04. The lowest BCUT2D eigenvalue weighted by Crippen LogP contribution is -2.28. The summed E-state index contributed by atoms with van der Waals surface area (Å²) < 4.78 is 13.2. The van der Waals surface area contributed by atoms with Gasteiger partial charge in [-0.1, -0.05) is 23.7 Å². The summed E-state index contributed by atoms with van der Waals surface area (Å²) in [5.74, 6) is 1.51. The van der Waals surface area contributed by atoms with E-state index in [0.29, 0.717) is 18.2 Å². The molecular weight excluding hydrogens is 402 g/mol. The topological polar surface area (TPSA) is 69.3 Å². The maximum Gasteiger partial charge on any atom is 0.287 e. The molecule has 1 N–H and O–H groups in total. The third kappa shape index (κ3) is 4.19. The normalized spacial score (nSPS) is 12.1. The SMILES string of the molecule is Cc1cc(OCCn2c(C(C)NC(=O)c3ccco3)nc3ccccc32)ccc1Cl. The minimum atomic E-state index is -0.312. The molecule has 6 nitrogen and oxygen atoms in total. The van der Waals surface area contributed by atoms with E-state index in [4.69, 9.17) is 25.7 Å². The first-order valence-corrected chi connectivity index (χ1v) is 10.1. The third-order valence-corrected chi connectivity index (χ3v) is 5.30. The van der Waals surface area contributed by atoms with Gasteiger partial charge in [-0.25, -0.2) is 4.98 Å². The van der Waals surface area contributed by atoms with Crippen molar-refractivity contribution in [3.63, 3.8) is 0 Å². The van der Waals surface area contributed by atoms with Crippen molar-refractivity contribution in [1.82, 2.24) is 14.9 Å².